The maximum absolute atomic E-state index is 12.5. The third kappa shape index (κ3) is 5.28. The zero-order chi connectivity index (χ0) is 20.6. The van der Waals surface area contributed by atoms with Gasteiger partial charge in [-0.25, -0.2) is 4.98 Å². The predicted molar refractivity (Wildman–Crippen MR) is 110 cm³/mol. The lowest BCUT2D eigenvalue weighted by atomic mass is 10.1. The van der Waals surface area contributed by atoms with Crippen LogP contribution < -0.4 is 24.4 Å². The molecule has 1 amide bonds. The second-order valence-corrected chi connectivity index (χ2v) is 6.80. The topological polar surface area (TPSA) is 85.8 Å². The largest absolute Gasteiger partial charge is 0.493 e. The lowest BCUT2D eigenvalue weighted by Gasteiger charge is -2.28. The number of para-hydroxylation sites is 1. The number of nitrogens with zero attached hydrogens (tertiary/aromatic N) is 3. The van der Waals surface area contributed by atoms with Crippen molar-refractivity contribution in [1.82, 2.24) is 15.3 Å². The number of carbonyl (C=O) groups is 1. The Morgan fingerprint density at radius 3 is 2.66 bits per heavy atom. The van der Waals surface area contributed by atoms with Crippen molar-refractivity contribution in [3.05, 3.63) is 35.7 Å². The van der Waals surface area contributed by atoms with Gasteiger partial charge in [-0.1, -0.05) is 6.07 Å². The molecule has 156 valence electrons. The van der Waals surface area contributed by atoms with Crippen molar-refractivity contribution < 1.29 is 19.0 Å². The van der Waals surface area contributed by atoms with Crippen LogP contribution in [0.5, 0.6) is 17.4 Å². The summed E-state index contributed by atoms with van der Waals surface area (Å²) in [4.78, 5) is 23.6. The van der Waals surface area contributed by atoms with Crippen LogP contribution in [0.25, 0.3) is 0 Å². The highest BCUT2D eigenvalue weighted by Gasteiger charge is 2.17. The van der Waals surface area contributed by atoms with Gasteiger partial charge in [0.15, 0.2) is 11.5 Å². The van der Waals surface area contributed by atoms with E-state index in [9.17, 15) is 4.79 Å². The van der Waals surface area contributed by atoms with Gasteiger partial charge in [0.25, 0.3) is 5.91 Å². The number of methoxy groups -OCH3 is 2. The minimum Gasteiger partial charge on any atom is -0.493 e. The number of amides is 1. The monoisotopic (exact) mass is 400 g/mol. The molecule has 1 aliphatic heterocycles. The number of piperidine rings is 1. The SMILES string of the molecule is COc1cccc(C(=O)NCCOc2cc(N3CCCCC3)nc(C)n2)c1OC. The van der Waals surface area contributed by atoms with Crippen LogP contribution in [0.4, 0.5) is 5.82 Å². The van der Waals surface area contributed by atoms with E-state index in [2.05, 4.69) is 20.2 Å². The van der Waals surface area contributed by atoms with Gasteiger partial charge in [0.1, 0.15) is 18.2 Å². The molecule has 1 aromatic heterocycles. The smallest absolute Gasteiger partial charge is 0.255 e. The average molecular weight is 400 g/mol. The second-order valence-electron chi connectivity index (χ2n) is 6.80. The fourth-order valence-electron chi connectivity index (χ4n) is 3.37. The fraction of sp³-hybridized carbons (Fsp3) is 0.476. The summed E-state index contributed by atoms with van der Waals surface area (Å²) in [5.41, 5.74) is 0.414. The molecule has 2 aromatic rings. The third-order valence-electron chi connectivity index (χ3n) is 4.77. The average Bonchev–Trinajstić information content (AvgIpc) is 2.76. The van der Waals surface area contributed by atoms with E-state index in [1.54, 1.807) is 18.2 Å². The van der Waals surface area contributed by atoms with Crippen molar-refractivity contribution in [2.75, 3.05) is 45.4 Å². The molecule has 2 heterocycles. The molecule has 0 unspecified atom stereocenters. The summed E-state index contributed by atoms with van der Waals surface area (Å²) in [5, 5.41) is 2.83. The molecular formula is C21H28N4O4. The maximum Gasteiger partial charge on any atom is 0.255 e. The first-order chi connectivity index (χ1) is 14.1. The van der Waals surface area contributed by atoms with E-state index in [0.29, 0.717) is 41.9 Å². The summed E-state index contributed by atoms with van der Waals surface area (Å²) >= 11 is 0. The maximum atomic E-state index is 12.5. The third-order valence-corrected chi connectivity index (χ3v) is 4.77. The Hall–Kier alpha value is -3.03. The van der Waals surface area contributed by atoms with Crippen LogP contribution in [-0.4, -0.2) is 56.3 Å². The number of rotatable bonds is 8. The number of carbonyl (C=O) groups excluding carboxylic acids is 1. The molecule has 0 radical (unpaired) electrons. The molecule has 3 rings (SSSR count). The molecule has 8 nitrogen and oxygen atoms in total. The lowest BCUT2D eigenvalue weighted by molar-refractivity contribution is 0.0943. The molecule has 1 aliphatic rings. The first-order valence-corrected chi connectivity index (χ1v) is 9.85. The molecule has 0 atom stereocenters. The minimum absolute atomic E-state index is 0.253. The second kappa shape index (κ2) is 9.95. The van der Waals surface area contributed by atoms with E-state index in [-0.39, 0.29) is 5.91 Å². The first-order valence-electron chi connectivity index (χ1n) is 9.85. The Bertz CT molecular complexity index is 837. The van der Waals surface area contributed by atoms with Crippen LogP contribution >= 0.6 is 0 Å². The highest BCUT2D eigenvalue weighted by atomic mass is 16.5. The summed E-state index contributed by atoms with van der Waals surface area (Å²) < 4.78 is 16.3. The molecule has 1 saturated heterocycles. The highest BCUT2D eigenvalue weighted by Crippen LogP contribution is 2.30. The molecule has 1 aromatic carbocycles. The summed E-state index contributed by atoms with van der Waals surface area (Å²) in [5.74, 6) is 2.76. The lowest BCUT2D eigenvalue weighted by Crippen LogP contribution is -2.30. The molecule has 1 N–H and O–H groups in total. The van der Waals surface area contributed by atoms with Crippen molar-refractivity contribution in [2.45, 2.75) is 26.2 Å². The number of anilines is 1. The fourth-order valence-corrected chi connectivity index (χ4v) is 3.37. The Kier molecular flexibility index (Phi) is 7.10. The zero-order valence-electron chi connectivity index (χ0n) is 17.2. The zero-order valence-corrected chi connectivity index (χ0v) is 17.2. The number of ether oxygens (including phenoxy) is 3. The van der Waals surface area contributed by atoms with Gasteiger partial charge in [-0.15, -0.1) is 0 Å². The van der Waals surface area contributed by atoms with Crippen LogP contribution in [-0.2, 0) is 0 Å². The Balaban J connectivity index is 1.55. The summed E-state index contributed by atoms with van der Waals surface area (Å²) in [6, 6.07) is 7.05. The molecule has 29 heavy (non-hydrogen) atoms. The molecule has 0 bridgehead atoms. The molecule has 0 aliphatic carbocycles. The van der Waals surface area contributed by atoms with Crippen LogP contribution in [0.3, 0.4) is 0 Å². The van der Waals surface area contributed by atoms with Crippen molar-refractivity contribution >= 4 is 11.7 Å². The molecular weight excluding hydrogens is 372 g/mol. The van der Waals surface area contributed by atoms with E-state index in [4.69, 9.17) is 14.2 Å². The first kappa shape index (κ1) is 20.7. The van der Waals surface area contributed by atoms with E-state index in [1.165, 1.54) is 33.5 Å². The molecule has 1 fully saturated rings. The summed E-state index contributed by atoms with van der Waals surface area (Å²) in [6.45, 7) is 4.51. The Labute approximate surface area is 171 Å². The number of aryl methyl sites for hydroxylation is 1. The van der Waals surface area contributed by atoms with Crippen molar-refractivity contribution in [3.8, 4) is 17.4 Å². The van der Waals surface area contributed by atoms with Gasteiger partial charge < -0.3 is 24.4 Å². The van der Waals surface area contributed by atoms with Crippen molar-refractivity contribution in [2.24, 2.45) is 0 Å². The van der Waals surface area contributed by atoms with Crippen LogP contribution in [0, 0.1) is 6.92 Å². The van der Waals surface area contributed by atoms with E-state index in [0.717, 1.165) is 18.9 Å². The number of hydrogen-bond donors (Lipinski definition) is 1. The standard InChI is InChI=1S/C21H28N4O4/c1-15-23-18(25-11-5-4-6-12-25)14-19(24-15)29-13-10-22-21(26)16-8-7-9-17(27-2)20(16)28-3/h7-9,14H,4-6,10-13H2,1-3H3,(H,22,26). The van der Waals surface area contributed by atoms with Gasteiger partial charge in [0.05, 0.1) is 26.3 Å². The number of nitrogens with one attached hydrogen (secondary N) is 1. The molecule has 0 spiro atoms. The summed E-state index contributed by atoms with van der Waals surface area (Å²) in [7, 11) is 3.05. The van der Waals surface area contributed by atoms with Gasteiger partial charge in [-0.2, -0.15) is 4.98 Å². The van der Waals surface area contributed by atoms with Gasteiger partial charge >= 0.3 is 0 Å². The predicted octanol–water partition coefficient (Wildman–Crippen LogP) is 2.60. The molecule has 0 saturated carbocycles. The van der Waals surface area contributed by atoms with Gasteiger partial charge in [0.2, 0.25) is 5.88 Å². The quantitative estimate of drug-likeness (QED) is 0.682. The number of aromatic nitrogens is 2. The highest BCUT2D eigenvalue weighted by molar-refractivity contribution is 5.97. The molecule has 8 heteroatoms. The summed E-state index contributed by atoms with van der Waals surface area (Å²) in [6.07, 6.45) is 3.62. The number of hydrogen-bond acceptors (Lipinski definition) is 7. The van der Waals surface area contributed by atoms with Gasteiger partial charge in [0, 0.05) is 19.2 Å². The van der Waals surface area contributed by atoms with E-state index >= 15 is 0 Å². The van der Waals surface area contributed by atoms with Gasteiger partial charge in [-0.3, -0.25) is 4.79 Å². The van der Waals surface area contributed by atoms with Crippen LogP contribution in [0.15, 0.2) is 24.3 Å². The van der Waals surface area contributed by atoms with Crippen molar-refractivity contribution in [3.63, 3.8) is 0 Å². The number of benzene rings is 1. The normalized spacial score (nSPS) is 13.7. The minimum atomic E-state index is -0.253. The van der Waals surface area contributed by atoms with E-state index < -0.39 is 0 Å². The van der Waals surface area contributed by atoms with Crippen molar-refractivity contribution in [1.29, 1.82) is 0 Å². The van der Waals surface area contributed by atoms with Gasteiger partial charge in [-0.05, 0) is 38.3 Å². The van der Waals surface area contributed by atoms with E-state index in [1.807, 2.05) is 13.0 Å². The van der Waals surface area contributed by atoms with Crippen LogP contribution in [0.2, 0.25) is 0 Å². The van der Waals surface area contributed by atoms with Crippen LogP contribution in [0.1, 0.15) is 35.4 Å². The Morgan fingerprint density at radius 1 is 1.14 bits per heavy atom. The Morgan fingerprint density at radius 2 is 1.93 bits per heavy atom.